The van der Waals surface area contributed by atoms with Crippen LogP contribution in [0.4, 0.5) is 5.69 Å². The van der Waals surface area contributed by atoms with Crippen molar-refractivity contribution in [2.75, 3.05) is 33.6 Å². The molecule has 0 saturated heterocycles. The van der Waals surface area contributed by atoms with Gasteiger partial charge in [-0.15, -0.1) is 23.2 Å². The van der Waals surface area contributed by atoms with Gasteiger partial charge in [-0.25, -0.2) is 21.6 Å². The summed E-state index contributed by atoms with van der Waals surface area (Å²) in [5.41, 5.74) is -0.103. The van der Waals surface area contributed by atoms with Crippen molar-refractivity contribution in [2.45, 2.75) is 19.8 Å². The average molecular weight is 446 g/mol. The van der Waals surface area contributed by atoms with Gasteiger partial charge in [-0.05, 0) is 38.0 Å². The SMILES string of the molecule is CCOC(=O)c1cccc(N(S(=O)(=O)CCCCl)S(=O)(=O)CCCCl)c1. The van der Waals surface area contributed by atoms with Gasteiger partial charge >= 0.3 is 5.97 Å². The van der Waals surface area contributed by atoms with E-state index in [1.54, 1.807) is 6.92 Å². The lowest BCUT2D eigenvalue weighted by molar-refractivity contribution is 0.0526. The Morgan fingerprint density at radius 3 is 2.04 bits per heavy atom. The number of sulfonamides is 2. The van der Waals surface area contributed by atoms with Gasteiger partial charge in [-0.2, -0.15) is 3.71 Å². The van der Waals surface area contributed by atoms with Crippen LogP contribution in [0.15, 0.2) is 24.3 Å². The van der Waals surface area contributed by atoms with Crippen molar-refractivity contribution in [3.8, 4) is 0 Å². The molecule has 1 aromatic rings. The van der Waals surface area contributed by atoms with Gasteiger partial charge in [0, 0.05) is 11.8 Å². The molecule has 148 valence electrons. The molecule has 0 fully saturated rings. The topological polar surface area (TPSA) is 97.8 Å². The first-order valence-corrected chi connectivity index (χ1v) is 12.1. The summed E-state index contributed by atoms with van der Waals surface area (Å²) in [4.78, 5) is 11.9. The molecule has 0 atom stereocenters. The third-order valence-electron chi connectivity index (χ3n) is 3.15. The lowest BCUT2D eigenvalue weighted by atomic mass is 10.2. The molecule has 0 aliphatic rings. The number of carbonyl (C=O) groups is 1. The van der Waals surface area contributed by atoms with E-state index >= 15 is 0 Å². The van der Waals surface area contributed by atoms with Gasteiger partial charge in [0.1, 0.15) is 0 Å². The quantitative estimate of drug-likeness (QED) is 0.383. The number of benzene rings is 1. The molecule has 11 heteroatoms. The standard InChI is InChI=1S/C15H21Cl2NO6S2/c1-2-24-15(19)13-6-3-7-14(12-13)18(25(20,21)10-4-8-16)26(22,23)11-5-9-17/h3,6-7,12H,2,4-5,8-11H2,1H3. The van der Waals surface area contributed by atoms with E-state index in [0.29, 0.717) is 3.71 Å². The molecule has 0 N–H and O–H groups in total. The van der Waals surface area contributed by atoms with Gasteiger partial charge in [0.2, 0.25) is 20.0 Å². The van der Waals surface area contributed by atoms with Crippen LogP contribution < -0.4 is 3.71 Å². The first-order valence-electron chi connectivity index (χ1n) is 7.84. The minimum atomic E-state index is -4.21. The second-order valence-corrected chi connectivity index (χ2v) is 10.0. The number of hydrogen-bond donors (Lipinski definition) is 0. The van der Waals surface area contributed by atoms with E-state index in [9.17, 15) is 21.6 Å². The van der Waals surface area contributed by atoms with Crippen LogP contribution in [0.25, 0.3) is 0 Å². The maximum absolute atomic E-state index is 12.6. The smallest absolute Gasteiger partial charge is 0.338 e. The summed E-state index contributed by atoms with van der Waals surface area (Å²) in [6.45, 7) is 1.76. The Labute approximate surface area is 164 Å². The summed E-state index contributed by atoms with van der Waals surface area (Å²) in [5, 5.41) is 0. The summed E-state index contributed by atoms with van der Waals surface area (Å²) in [7, 11) is -8.43. The molecule has 26 heavy (non-hydrogen) atoms. The highest BCUT2D eigenvalue weighted by atomic mass is 35.5. The number of nitrogens with zero attached hydrogens (tertiary/aromatic N) is 1. The molecule has 0 amide bonds. The maximum Gasteiger partial charge on any atom is 0.338 e. The number of rotatable bonds is 11. The largest absolute Gasteiger partial charge is 0.462 e. The molecule has 0 aliphatic carbocycles. The van der Waals surface area contributed by atoms with Crippen LogP contribution >= 0.6 is 23.2 Å². The Morgan fingerprint density at radius 1 is 1.04 bits per heavy atom. The van der Waals surface area contributed by atoms with E-state index < -0.39 is 37.5 Å². The van der Waals surface area contributed by atoms with Crippen LogP contribution in [-0.2, 0) is 24.8 Å². The van der Waals surface area contributed by atoms with Crippen LogP contribution in [0.3, 0.4) is 0 Å². The van der Waals surface area contributed by atoms with Crippen molar-refractivity contribution >= 4 is 54.9 Å². The predicted octanol–water partition coefficient (Wildman–Crippen LogP) is 2.59. The third kappa shape index (κ3) is 6.29. The second-order valence-electron chi connectivity index (χ2n) is 5.19. The van der Waals surface area contributed by atoms with Gasteiger partial charge in [-0.1, -0.05) is 6.07 Å². The van der Waals surface area contributed by atoms with Gasteiger partial charge in [0.25, 0.3) is 0 Å². The van der Waals surface area contributed by atoms with E-state index in [4.69, 9.17) is 27.9 Å². The average Bonchev–Trinajstić information content (AvgIpc) is 2.58. The van der Waals surface area contributed by atoms with Crippen molar-refractivity contribution in [3.63, 3.8) is 0 Å². The zero-order valence-corrected chi connectivity index (χ0v) is 17.4. The molecule has 0 spiro atoms. The van der Waals surface area contributed by atoms with E-state index in [1.165, 1.54) is 24.3 Å². The van der Waals surface area contributed by atoms with E-state index in [2.05, 4.69) is 0 Å². The zero-order valence-electron chi connectivity index (χ0n) is 14.2. The number of hydrogen-bond acceptors (Lipinski definition) is 6. The van der Waals surface area contributed by atoms with Crippen LogP contribution in [0.2, 0.25) is 0 Å². The van der Waals surface area contributed by atoms with Crippen molar-refractivity contribution in [1.29, 1.82) is 0 Å². The second kappa shape index (κ2) is 10.3. The van der Waals surface area contributed by atoms with Crippen LogP contribution in [0, 0.1) is 0 Å². The fourth-order valence-electron chi connectivity index (χ4n) is 2.09. The van der Waals surface area contributed by atoms with Gasteiger partial charge < -0.3 is 4.74 Å². The Morgan fingerprint density at radius 2 is 1.58 bits per heavy atom. The molecule has 0 radical (unpaired) electrons. The number of halogens is 2. The third-order valence-corrected chi connectivity index (χ3v) is 8.08. The fourth-order valence-corrected chi connectivity index (χ4v) is 6.73. The fraction of sp³-hybridized carbons (Fsp3) is 0.533. The van der Waals surface area contributed by atoms with E-state index in [-0.39, 0.29) is 42.5 Å². The predicted molar refractivity (Wildman–Crippen MR) is 103 cm³/mol. The van der Waals surface area contributed by atoms with Gasteiger partial charge in [-0.3, -0.25) is 0 Å². The summed E-state index contributed by atoms with van der Waals surface area (Å²) in [6.07, 6.45) is 0.173. The Bertz CT molecular complexity index is 773. The van der Waals surface area contributed by atoms with Crippen molar-refractivity contribution in [2.24, 2.45) is 0 Å². The lowest BCUT2D eigenvalue weighted by Crippen LogP contribution is -2.40. The molecule has 0 heterocycles. The number of alkyl halides is 2. The lowest BCUT2D eigenvalue weighted by Gasteiger charge is -2.24. The van der Waals surface area contributed by atoms with Gasteiger partial charge in [0.15, 0.2) is 0 Å². The number of anilines is 1. The van der Waals surface area contributed by atoms with E-state index in [0.717, 1.165) is 0 Å². The van der Waals surface area contributed by atoms with Crippen molar-refractivity contribution < 1.29 is 26.4 Å². The molecule has 0 aliphatic heterocycles. The number of esters is 1. The number of carbonyl (C=O) groups excluding carboxylic acids is 1. The normalized spacial score (nSPS) is 12.0. The first-order chi connectivity index (χ1) is 12.2. The number of ether oxygens (including phenoxy) is 1. The minimum absolute atomic E-state index is 0.0504. The molecule has 0 unspecified atom stereocenters. The molecule has 1 rings (SSSR count). The molecular weight excluding hydrogens is 425 g/mol. The molecular formula is C15H21Cl2NO6S2. The van der Waals surface area contributed by atoms with Crippen LogP contribution in [-0.4, -0.2) is 52.7 Å². The Hall–Kier alpha value is -1.03. The van der Waals surface area contributed by atoms with Crippen LogP contribution in [0.1, 0.15) is 30.1 Å². The minimum Gasteiger partial charge on any atom is -0.462 e. The highest BCUT2D eigenvalue weighted by Gasteiger charge is 2.33. The molecule has 1 aromatic carbocycles. The summed E-state index contributed by atoms with van der Waals surface area (Å²) >= 11 is 11.1. The Kier molecular flexibility index (Phi) is 9.15. The van der Waals surface area contributed by atoms with Crippen LogP contribution in [0.5, 0.6) is 0 Å². The van der Waals surface area contributed by atoms with E-state index in [1.807, 2.05) is 0 Å². The van der Waals surface area contributed by atoms with Gasteiger partial charge in [0.05, 0.1) is 29.4 Å². The molecule has 0 saturated carbocycles. The Balaban J connectivity index is 3.42. The molecule has 7 nitrogen and oxygen atoms in total. The maximum atomic E-state index is 12.6. The monoisotopic (exact) mass is 445 g/mol. The highest BCUT2D eigenvalue weighted by molar-refractivity contribution is 8.10. The molecule has 0 bridgehead atoms. The highest BCUT2D eigenvalue weighted by Crippen LogP contribution is 2.25. The summed E-state index contributed by atoms with van der Waals surface area (Å²) < 4.78 is 55.8. The zero-order chi connectivity index (χ0) is 19.8. The molecule has 0 aromatic heterocycles. The van der Waals surface area contributed by atoms with Crippen molar-refractivity contribution in [3.05, 3.63) is 29.8 Å². The summed E-state index contributed by atoms with van der Waals surface area (Å²) in [6, 6.07) is 5.28. The summed E-state index contributed by atoms with van der Waals surface area (Å²) in [5.74, 6) is -1.43. The first kappa shape index (κ1) is 23.0. The van der Waals surface area contributed by atoms with Crippen molar-refractivity contribution in [1.82, 2.24) is 0 Å².